The van der Waals surface area contributed by atoms with E-state index in [0.717, 1.165) is 46.5 Å². The maximum absolute atomic E-state index is 13.5. The molecule has 0 aromatic heterocycles. The van der Waals surface area contributed by atoms with Crippen molar-refractivity contribution in [2.75, 3.05) is 18.1 Å². The number of ether oxygens (including phenoxy) is 2. The minimum atomic E-state index is -4.59. The van der Waals surface area contributed by atoms with Gasteiger partial charge in [-0.25, -0.2) is 4.79 Å². The third-order valence-corrected chi connectivity index (χ3v) is 8.75. The summed E-state index contributed by atoms with van der Waals surface area (Å²) >= 11 is 0. The molecule has 5 nitrogen and oxygen atoms in total. The number of anilines is 3. The average Bonchev–Trinajstić information content (AvgIpc) is 3.33. The van der Waals surface area contributed by atoms with E-state index in [-0.39, 0.29) is 36.6 Å². The van der Waals surface area contributed by atoms with Gasteiger partial charge in [-0.1, -0.05) is 43.5 Å². The molecule has 0 radical (unpaired) electrons. The third kappa shape index (κ3) is 7.49. The highest BCUT2D eigenvalue weighted by atomic mass is 19.4. The molecular weight excluding hydrogens is 660 g/mol. The van der Waals surface area contributed by atoms with Crippen LogP contribution in [0.15, 0.2) is 115 Å². The van der Waals surface area contributed by atoms with Gasteiger partial charge in [0.2, 0.25) is 0 Å². The Labute approximate surface area is 286 Å². The Balaban J connectivity index is 1.67. The van der Waals surface area contributed by atoms with Crippen molar-refractivity contribution in [1.82, 2.24) is 0 Å². The topological polar surface area (TPSA) is 59.0 Å². The summed E-state index contributed by atoms with van der Waals surface area (Å²) < 4.78 is 92.2. The second kappa shape index (κ2) is 14.2. The number of aliphatic hydroxyl groups is 1. The van der Waals surface area contributed by atoms with E-state index in [0.29, 0.717) is 17.7 Å². The number of hydrogen-bond donors (Lipinski definition) is 1. The van der Waals surface area contributed by atoms with Crippen molar-refractivity contribution >= 4 is 23.0 Å². The number of benzene rings is 4. The third-order valence-electron chi connectivity index (χ3n) is 8.75. The van der Waals surface area contributed by atoms with Crippen LogP contribution in [-0.4, -0.2) is 30.6 Å². The van der Waals surface area contributed by atoms with Crippen molar-refractivity contribution in [3.05, 3.63) is 138 Å². The predicted molar refractivity (Wildman–Crippen MR) is 179 cm³/mol. The number of halogens is 6. The van der Waals surface area contributed by atoms with E-state index in [4.69, 9.17) is 9.47 Å². The molecule has 0 saturated heterocycles. The van der Waals surface area contributed by atoms with Crippen LogP contribution in [0, 0.1) is 0 Å². The Hall–Kier alpha value is -4.87. The second-order valence-electron chi connectivity index (χ2n) is 12.3. The molecule has 0 bridgehead atoms. The van der Waals surface area contributed by atoms with Crippen LogP contribution in [0.4, 0.5) is 43.4 Å². The van der Waals surface area contributed by atoms with Gasteiger partial charge in [0.25, 0.3) is 0 Å². The minimum absolute atomic E-state index is 0.00570. The van der Waals surface area contributed by atoms with Crippen LogP contribution in [0.1, 0.15) is 48.9 Å². The maximum Gasteiger partial charge on any atom is 0.416 e. The fourth-order valence-corrected chi connectivity index (χ4v) is 6.22. The van der Waals surface area contributed by atoms with Gasteiger partial charge in [-0.05, 0) is 115 Å². The first-order valence-electron chi connectivity index (χ1n) is 15.7. The van der Waals surface area contributed by atoms with Crippen LogP contribution in [0.3, 0.4) is 0 Å². The molecule has 0 fully saturated rings. The highest BCUT2D eigenvalue weighted by Gasteiger charge is 2.43. The maximum atomic E-state index is 13.5. The number of hydrogen-bond acceptors (Lipinski definition) is 5. The SMILES string of the molecule is C=C(C)C(=O)OCCC1(CCOC(O)C(=C)C)c2ccccc2-c2ccc(N(c3ccc(C(F)(F)F)cc3)c3ccc(C(F)(F)F)cc3)cc21. The van der Waals surface area contributed by atoms with Crippen LogP contribution in [0.25, 0.3) is 11.1 Å². The lowest BCUT2D eigenvalue weighted by atomic mass is 9.73. The lowest BCUT2D eigenvalue weighted by Gasteiger charge is -2.34. The molecule has 5 rings (SSSR count). The van der Waals surface area contributed by atoms with E-state index < -0.39 is 41.2 Å². The van der Waals surface area contributed by atoms with E-state index in [1.165, 1.54) is 31.2 Å². The highest BCUT2D eigenvalue weighted by Crippen LogP contribution is 2.54. The lowest BCUT2D eigenvalue weighted by molar-refractivity contribution is -0.139. The molecule has 2 atom stereocenters. The first-order valence-corrected chi connectivity index (χ1v) is 15.7. The molecule has 0 aliphatic heterocycles. The van der Waals surface area contributed by atoms with Gasteiger partial charge in [0.05, 0.1) is 24.3 Å². The number of alkyl halides is 6. The number of carbonyl (C=O) groups excluding carboxylic acids is 1. The monoisotopic (exact) mass is 695 g/mol. The zero-order valence-electron chi connectivity index (χ0n) is 27.4. The Morgan fingerprint density at radius 2 is 1.24 bits per heavy atom. The second-order valence-corrected chi connectivity index (χ2v) is 12.3. The standard InChI is InChI=1S/C39H35F6NO4/c1-24(2)35(47)49-21-19-37(20-22-50-36(48)25(3)4)33-8-6-5-7-31(33)32-18-17-30(23-34(32)37)46(28-13-9-26(10-14-28)38(40,41)42)29-15-11-27(12-16-29)39(43,44)45/h5-18,23,35,47H,1,3,19-22H2,2,4H3. The Morgan fingerprint density at radius 1 is 0.740 bits per heavy atom. The largest absolute Gasteiger partial charge is 0.462 e. The molecule has 50 heavy (non-hydrogen) atoms. The summed E-state index contributed by atoms with van der Waals surface area (Å²) in [5, 5.41) is 10.3. The molecule has 4 aromatic carbocycles. The molecule has 0 saturated carbocycles. The van der Waals surface area contributed by atoms with Gasteiger partial charge in [-0.15, -0.1) is 0 Å². The van der Waals surface area contributed by atoms with E-state index >= 15 is 0 Å². The van der Waals surface area contributed by atoms with Gasteiger partial charge in [0.15, 0.2) is 6.29 Å². The Kier molecular flexibility index (Phi) is 10.3. The van der Waals surface area contributed by atoms with Crippen LogP contribution in [-0.2, 0) is 32.0 Å². The van der Waals surface area contributed by atoms with Crippen molar-refractivity contribution in [1.29, 1.82) is 0 Å². The summed E-state index contributed by atoms with van der Waals surface area (Å²) in [7, 11) is 0. The molecule has 11 heteroatoms. The van der Waals surface area contributed by atoms with Crippen molar-refractivity contribution in [3.8, 4) is 11.1 Å². The number of aliphatic hydroxyl groups excluding tert-OH is 1. The molecule has 0 heterocycles. The highest BCUT2D eigenvalue weighted by molar-refractivity contribution is 5.87. The van der Waals surface area contributed by atoms with Gasteiger partial charge in [0.1, 0.15) is 0 Å². The molecule has 0 spiro atoms. The summed E-state index contributed by atoms with van der Waals surface area (Å²) in [5.74, 6) is -0.565. The molecule has 1 aliphatic rings. The van der Waals surface area contributed by atoms with Gasteiger partial charge < -0.3 is 19.5 Å². The average molecular weight is 696 g/mol. The number of rotatable bonds is 12. The van der Waals surface area contributed by atoms with Crippen molar-refractivity contribution in [2.45, 2.75) is 50.7 Å². The zero-order valence-corrected chi connectivity index (χ0v) is 27.4. The first kappa shape index (κ1) is 36.4. The number of fused-ring (bicyclic) bond motifs is 3. The van der Waals surface area contributed by atoms with Crippen molar-refractivity contribution in [3.63, 3.8) is 0 Å². The van der Waals surface area contributed by atoms with E-state index in [9.17, 15) is 36.2 Å². The Bertz CT molecular complexity index is 1830. The zero-order chi connectivity index (χ0) is 36.4. The summed E-state index contributed by atoms with van der Waals surface area (Å²) in [6.07, 6.45) is -9.80. The number of esters is 1. The Morgan fingerprint density at radius 3 is 1.76 bits per heavy atom. The van der Waals surface area contributed by atoms with Gasteiger partial charge in [-0.3, -0.25) is 0 Å². The number of nitrogens with zero attached hydrogens (tertiary/aromatic N) is 1. The normalized spacial score (nSPS) is 15.9. The fraction of sp³-hybridized carbons (Fsp3) is 0.256. The first-order chi connectivity index (χ1) is 23.5. The van der Waals surface area contributed by atoms with Crippen molar-refractivity contribution < 1.29 is 45.7 Å². The van der Waals surface area contributed by atoms with Crippen molar-refractivity contribution in [2.24, 2.45) is 0 Å². The summed E-state index contributed by atoms with van der Waals surface area (Å²) in [5.41, 5.74) is 2.48. The van der Waals surface area contributed by atoms with E-state index in [2.05, 4.69) is 13.2 Å². The molecule has 0 amide bonds. The van der Waals surface area contributed by atoms with Crippen LogP contribution < -0.4 is 4.90 Å². The molecule has 1 aliphatic carbocycles. The minimum Gasteiger partial charge on any atom is -0.462 e. The summed E-state index contributed by atoms with van der Waals surface area (Å²) in [6, 6.07) is 21.8. The molecule has 1 N–H and O–H groups in total. The quantitative estimate of drug-likeness (QED) is 0.0526. The summed E-state index contributed by atoms with van der Waals surface area (Å²) in [4.78, 5) is 14.0. The van der Waals surface area contributed by atoms with Crippen LogP contribution in [0.2, 0.25) is 0 Å². The van der Waals surface area contributed by atoms with Crippen LogP contribution in [0.5, 0.6) is 0 Å². The summed E-state index contributed by atoms with van der Waals surface area (Å²) in [6.45, 7) is 10.6. The molecule has 4 aromatic rings. The molecule has 2 unspecified atom stereocenters. The fourth-order valence-electron chi connectivity index (χ4n) is 6.22. The van der Waals surface area contributed by atoms with E-state index in [1.54, 1.807) is 17.9 Å². The van der Waals surface area contributed by atoms with Gasteiger partial charge >= 0.3 is 18.3 Å². The predicted octanol–water partition coefficient (Wildman–Crippen LogP) is 10.3. The lowest BCUT2D eigenvalue weighted by Crippen LogP contribution is -2.31. The van der Waals surface area contributed by atoms with E-state index in [1.807, 2.05) is 36.4 Å². The number of carbonyl (C=O) groups is 1. The van der Waals surface area contributed by atoms with Crippen LogP contribution >= 0.6 is 0 Å². The smallest absolute Gasteiger partial charge is 0.416 e. The molecule has 262 valence electrons. The van der Waals surface area contributed by atoms with Gasteiger partial charge in [0, 0.05) is 28.1 Å². The van der Waals surface area contributed by atoms with Gasteiger partial charge in [-0.2, -0.15) is 26.3 Å². The molecular formula is C39H35F6NO4.